The van der Waals surface area contributed by atoms with Gasteiger partial charge in [-0.25, -0.2) is 4.58 Å². The zero-order valence-corrected chi connectivity index (χ0v) is 21.8. The molecule has 0 aromatic carbocycles. The molecule has 0 saturated carbocycles. The van der Waals surface area contributed by atoms with E-state index in [1.54, 1.807) is 0 Å². The van der Waals surface area contributed by atoms with Crippen molar-refractivity contribution in [3.05, 3.63) is 67.0 Å². The van der Waals surface area contributed by atoms with E-state index >= 15 is 0 Å². The van der Waals surface area contributed by atoms with Gasteiger partial charge in [0.05, 0.1) is 6.42 Å². The van der Waals surface area contributed by atoms with Gasteiger partial charge in [0.2, 0.25) is 0 Å². The van der Waals surface area contributed by atoms with E-state index < -0.39 is 0 Å². The van der Waals surface area contributed by atoms with Gasteiger partial charge in [0.25, 0.3) is 0 Å². The predicted octanol–water partition coefficient (Wildman–Crippen LogP) is 6.98. The Balaban J connectivity index is 2.51. The van der Waals surface area contributed by atoms with Gasteiger partial charge in [-0.3, -0.25) is 0 Å². The molecule has 0 saturated heterocycles. The maximum absolute atomic E-state index is 2.31. The smallest absolute Gasteiger partial charge is 0.183 e. The molecule has 0 N–H and O–H groups in total. The lowest BCUT2D eigenvalue weighted by Crippen LogP contribution is -2.11. The largest absolute Gasteiger partial charge is 0.380 e. The fourth-order valence-electron chi connectivity index (χ4n) is 4.86. The van der Waals surface area contributed by atoms with Gasteiger partial charge in [0.15, 0.2) is 5.71 Å². The number of hydrogen-bond acceptors (Lipinski definition) is 1. The highest BCUT2D eigenvalue weighted by Crippen LogP contribution is 2.40. The van der Waals surface area contributed by atoms with Gasteiger partial charge < -0.3 is 4.90 Å². The molecular formula is C28H43N2+. The molecule has 2 heteroatoms. The molecule has 0 heterocycles. The summed E-state index contributed by atoms with van der Waals surface area (Å²) in [6, 6.07) is 0. The molecule has 0 spiro atoms. The fraction of sp³-hybridized carbons (Fsp3) is 0.536. The van der Waals surface area contributed by atoms with Crippen molar-refractivity contribution in [2.24, 2.45) is 0 Å². The van der Waals surface area contributed by atoms with E-state index in [1.165, 1.54) is 72.7 Å². The van der Waals surface area contributed by atoms with Gasteiger partial charge in [0, 0.05) is 31.8 Å². The van der Waals surface area contributed by atoms with E-state index in [1.807, 2.05) is 0 Å². The van der Waals surface area contributed by atoms with Crippen LogP contribution in [0.4, 0.5) is 0 Å². The standard InChI is InChI=1S/C28H43N2/c1-16(17(2)19(4)25-14-27(29(10)11)23(8)21(25)6)18(3)20(5)26-15-28(30(12)13)24(9)22(26)7/h14-15H2,1-13H3/q+1. The van der Waals surface area contributed by atoms with E-state index in [-0.39, 0.29) is 0 Å². The van der Waals surface area contributed by atoms with Crippen molar-refractivity contribution in [1.82, 2.24) is 4.90 Å². The molecule has 2 aliphatic carbocycles. The molecule has 30 heavy (non-hydrogen) atoms. The molecule has 0 fully saturated rings. The summed E-state index contributed by atoms with van der Waals surface area (Å²) in [6.07, 6.45) is 2.09. The Morgan fingerprint density at radius 3 is 1.70 bits per heavy atom. The van der Waals surface area contributed by atoms with Crippen molar-refractivity contribution >= 4 is 5.71 Å². The summed E-state index contributed by atoms with van der Waals surface area (Å²) in [5.41, 5.74) is 18.8. The molecule has 0 unspecified atom stereocenters. The van der Waals surface area contributed by atoms with Gasteiger partial charge in [-0.05, 0) is 118 Å². The minimum absolute atomic E-state index is 1.04. The van der Waals surface area contributed by atoms with Crippen LogP contribution in [-0.2, 0) is 0 Å². The third kappa shape index (κ3) is 4.19. The van der Waals surface area contributed by atoms with Crippen LogP contribution in [0.25, 0.3) is 0 Å². The van der Waals surface area contributed by atoms with Crippen molar-refractivity contribution in [3.8, 4) is 0 Å². The van der Waals surface area contributed by atoms with E-state index in [2.05, 4.69) is 100.0 Å². The lowest BCUT2D eigenvalue weighted by Gasteiger charge is -2.18. The zero-order valence-electron chi connectivity index (χ0n) is 21.8. The highest BCUT2D eigenvalue weighted by molar-refractivity contribution is 6.03. The molecule has 0 radical (unpaired) electrons. The van der Waals surface area contributed by atoms with Gasteiger partial charge in [-0.2, -0.15) is 0 Å². The first-order chi connectivity index (χ1) is 13.8. The highest BCUT2D eigenvalue weighted by atomic mass is 15.1. The minimum Gasteiger partial charge on any atom is -0.380 e. The van der Waals surface area contributed by atoms with Crippen LogP contribution in [-0.4, -0.2) is 43.4 Å². The molecule has 2 aliphatic rings. The minimum atomic E-state index is 1.04. The summed E-state index contributed by atoms with van der Waals surface area (Å²) in [7, 11) is 8.63. The van der Waals surface area contributed by atoms with Crippen molar-refractivity contribution < 1.29 is 4.58 Å². The molecular weight excluding hydrogens is 364 g/mol. The Hall–Kier alpha value is -2.09. The second-order valence-electron chi connectivity index (χ2n) is 9.62. The Labute approximate surface area is 185 Å². The molecule has 2 rings (SSSR count). The van der Waals surface area contributed by atoms with Crippen LogP contribution in [0.3, 0.4) is 0 Å². The van der Waals surface area contributed by atoms with Crippen LogP contribution < -0.4 is 0 Å². The zero-order chi connectivity index (χ0) is 23.1. The SMILES string of the molecule is CC1=C(C)\C(=C(C)/C(C)=C(C)/C(C)=C(\C)C2=C(C)C(C)=C(N(C)C)C2)CC1=[N+](C)C. The summed E-state index contributed by atoms with van der Waals surface area (Å²) < 4.78 is 2.27. The lowest BCUT2D eigenvalue weighted by molar-refractivity contribution is -0.464. The average molecular weight is 408 g/mol. The summed E-state index contributed by atoms with van der Waals surface area (Å²) >= 11 is 0. The number of hydrogen-bond donors (Lipinski definition) is 0. The molecule has 0 aromatic rings. The lowest BCUT2D eigenvalue weighted by atomic mass is 9.89. The molecule has 0 atom stereocenters. The van der Waals surface area contributed by atoms with Crippen LogP contribution in [0.2, 0.25) is 0 Å². The first-order valence-electron chi connectivity index (χ1n) is 11.2. The second-order valence-corrected chi connectivity index (χ2v) is 9.62. The van der Waals surface area contributed by atoms with E-state index in [9.17, 15) is 0 Å². The van der Waals surface area contributed by atoms with Crippen LogP contribution in [0.5, 0.6) is 0 Å². The fourth-order valence-corrected chi connectivity index (χ4v) is 4.86. The number of rotatable bonds is 4. The summed E-state index contributed by atoms with van der Waals surface area (Å²) in [4.78, 5) is 2.27. The van der Waals surface area contributed by atoms with Gasteiger partial charge >= 0.3 is 0 Å². The summed E-state index contributed by atoms with van der Waals surface area (Å²) in [6.45, 7) is 20.6. The van der Waals surface area contributed by atoms with Crippen molar-refractivity contribution in [2.75, 3.05) is 28.2 Å². The summed E-state index contributed by atoms with van der Waals surface area (Å²) in [5, 5.41) is 0. The molecule has 0 bridgehead atoms. The third-order valence-corrected chi connectivity index (χ3v) is 7.82. The predicted molar refractivity (Wildman–Crippen MR) is 133 cm³/mol. The van der Waals surface area contributed by atoms with Crippen LogP contribution >= 0.6 is 0 Å². The van der Waals surface area contributed by atoms with Gasteiger partial charge in [-0.15, -0.1) is 0 Å². The third-order valence-electron chi connectivity index (χ3n) is 7.82. The Kier molecular flexibility index (Phi) is 7.22. The number of nitrogens with zero attached hydrogens (tertiary/aromatic N) is 2. The Morgan fingerprint density at radius 1 is 0.700 bits per heavy atom. The highest BCUT2D eigenvalue weighted by Gasteiger charge is 2.27. The van der Waals surface area contributed by atoms with Crippen LogP contribution in [0, 0.1) is 0 Å². The Bertz CT molecular complexity index is 991. The molecule has 0 aromatic heterocycles. The monoisotopic (exact) mass is 407 g/mol. The Morgan fingerprint density at radius 2 is 1.27 bits per heavy atom. The molecule has 164 valence electrons. The van der Waals surface area contributed by atoms with Crippen molar-refractivity contribution in [3.63, 3.8) is 0 Å². The summed E-state index contributed by atoms with van der Waals surface area (Å²) in [5.74, 6) is 0. The van der Waals surface area contributed by atoms with E-state index in [0.717, 1.165) is 12.8 Å². The quantitative estimate of drug-likeness (QED) is 0.360. The van der Waals surface area contributed by atoms with Crippen LogP contribution in [0.15, 0.2) is 67.0 Å². The normalized spacial score (nSPS) is 20.9. The first kappa shape index (κ1) is 24.2. The molecule has 2 nitrogen and oxygen atoms in total. The van der Waals surface area contributed by atoms with E-state index in [4.69, 9.17) is 0 Å². The average Bonchev–Trinajstić information content (AvgIpc) is 3.16. The van der Waals surface area contributed by atoms with Crippen molar-refractivity contribution in [2.45, 2.75) is 75.2 Å². The molecule has 0 amide bonds. The molecule has 0 aliphatic heterocycles. The first-order valence-corrected chi connectivity index (χ1v) is 11.2. The van der Waals surface area contributed by atoms with E-state index in [0.29, 0.717) is 0 Å². The second kappa shape index (κ2) is 8.96. The maximum Gasteiger partial charge on any atom is 0.183 e. The van der Waals surface area contributed by atoms with Crippen LogP contribution in [0.1, 0.15) is 75.2 Å². The van der Waals surface area contributed by atoms with Crippen molar-refractivity contribution in [1.29, 1.82) is 0 Å². The number of allylic oxidation sites excluding steroid dienone is 11. The van der Waals surface area contributed by atoms with Gasteiger partial charge in [-0.1, -0.05) is 0 Å². The van der Waals surface area contributed by atoms with Gasteiger partial charge in [0.1, 0.15) is 14.1 Å². The topological polar surface area (TPSA) is 6.25 Å². The maximum atomic E-state index is 2.31.